The number of carbonyl (C=O) groups is 1. The number of nitrogens with one attached hydrogen (secondary N) is 2. The molecule has 18 heavy (non-hydrogen) atoms. The molecule has 0 unspecified atom stereocenters. The number of hydrogen-bond donors (Lipinski definition) is 2. The van der Waals surface area contributed by atoms with Gasteiger partial charge in [-0.25, -0.2) is 0 Å². The van der Waals surface area contributed by atoms with Gasteiger partial charge in [-0.3, -0.25) is 4.79 Å². The van der Waals surface area contributed by atoms with Crippen molar-refractivity contribution in [2.75, 3.05) is 6.54 Å². The van der Waals surface area contributed by atoms with E-state index in [0.717, 1.165) is 37.9 Å². The van der Waals surface area contributed by atoms with E-state index in [4.69, 9.17) is 0 Å². The lowest BCUT2D eigenvalue weighted by Gasteiger charge is -2.21. The van der Waals surface area contributed by atoms with Gasteiger partial charge in [-0.15, -0.1) is 0 Å². The predicted molar refractivity (Wildman–Crippen MR) is 71.5 cm³/mol. The van der Waals surface area contributed by atoms with Gasteiger partial charge in [0.25, 0.3) is 5.91 Å². The fourth-order valence-electron chi connectivity index (χ4n) is 2.74. The first-order valence-corrected chi connectivity index (χ1v) is 6.62. The zero-order valence-corrected chi connectivity index (χ0v) is 10.4. The molecule has 1 aromatic rings. The summed E-state index contributed by atoms with van der Waals surface area (Å²) in [5, 5.41) is 6.46. The zero-order valence-electron chi connectivity index (χ0n) is 10.4. The summed E-state index contributed by atoms with van der Waals surface area (Å²) in [6.45, 7) is 1.84. The molecule has 2 N–H and O–H groups in total. The van der Waals surface area contributed by atoms with Gasteiger partial charge in [0.2, 0.25) is 0 Å². The number of amides is 1. The summed E-state index contributed by atoms with van der Waals surface area (Å²) in [7, 11) is 0. The van der Waals surface area contributed by atoms with Gasteiger partial charge in [-0.1, -0.05) is 24.3 Å². The Morgan fingerprint density at radius 3 is 2.94 bits per heavy atom. The van der Waals surface area contributed by atoms with Crippen molar-refractivity contribution in [2.45, 2.75) is 31.8 Å². The third-order valence-electron chi connectivity index (χ3n) is 3.73. The number of fused-ring (bicyclic) bond motifs is 1. The fraction of sp³-hybridized carbons (Fsp3) is 0.400. The maximum atomic E-state index is 12.3. The van der Waals surface area contributed by atoms with Crippen LogP contribution in [0.3, 0.4) is 0 Å². The molecule has 1 amide bonds. The van der Waals surface area contributed by atoms with Crippen LogP contribution in [-0.4, -0.2) is 18.5 Å². The lowest BCUT2D eigenvalue weighted by atomic mass is 9.95. The van der Waals surface area contributed by atoms with Gasteiger partial charge in [0.05, 0.1) is 0 Å². The number of hydrogen-bond acceptors (Lipinski definition) is 2. The summed E-state index contributed by atoms with van der Waals surface area (Å²) in [5.41, 5.74) is 3.35. The second-order valence-corrected chi connectivity index (χ2v) is 4.98. The summed E-state index contributed by atoms with van der Waals surface area (Å²) in [6, 6.07) is 6.32. The number of rotatable bonds is 2. The van der Waals surface area contributed by atoms with E-state index in [1.165, 1.54) is 11.1 Å². The van der Waals surface area contributed by atoms with Crippen molar-refractivity contribution in [3.05, 3.63) is 47.0 Å². The summed E-state index contributed by atoms with van der Waals surface area (Å²) in [5.74, 6) is 0.0856. The molecule has 3 rings (SSSR count). The van der Waals surface area contributed by atoms with Crippen LogP contribution < -0.4 is 10.6 Å². The summed E-state index contributed by atoms with van der Waals surface area (Å²) in [4.78, 5) is 12.3. The van der Waals surface area contributed by atoms with Crippen LogP contribution in [0.1, 0.15) is 34.3 Å². The van der Waals surface area contributed by atoms with Crippen molar-refractivity contribution in [3.63, 3.8) is 0 Å². The minimum atomic E-state index is 0.0856. The topological polar surface area (TPSA) is 41.1 Å². The van der Waals surface area contributed by atoms with Crippen LogP contribution in [0.4, 0.5) is 0 Å². The SMILES string of the molecule is O=C(NC1CC=CC1)c1cccc2c1CCNC2. The maximum absolute atomic E-state index is 12.3. The van der Waals surface area contributed by atoms with Crippen LogP contribution >= 0.6 is 0 Å². The molecule has 0 aromatic heterocycles. The summed E-state index contributed by atoms with van der Waals surface area (Å²) >= 11 is 0. The Hall–Kier alpha value is -1.61. The molecular weight excluding hydrogens is 224 g/mol. The van der Waals surface area contributed by atoms with Gasteiger partial charge >= 0.3 is 0 Å². The van der Waals surface area contributed by atoms with E-state index in [1.54, 1.807) is 0 Å². The predicted octanol–water partition coefficient (Wildman–Crippen LogP) is 1.78. The minimum absolute atomic E-state index is 0.0856. The first-order valence-electron chi connectivity index (χ1n) is 6.62. The van der Waals surface area contributed by atoms with Crippen LogP contribution in [0.25, 0.3) is 0 Å². The van der Waals surface area contributed by atoms with Gasteiger partial charge in [0.1, 0.15) is 0 Å². The van der Waals surface area contributed by atoms with Crippen LogP contribution in [0.2, 0.25) is 0 Å². The smallest absolute Gasteiger partial charge is 0.251 e. The van der Waals surface area contributed by atoms with Crippen molar-refractivity contribution in [3.8, 4) is 0 Å². The largest absolute Gasteiger partial charge is 0.349 e. The van der Waals surface area contributed by atoms with Gasteiger partial charge in [0, 0.05) is 18.2 Å². The number of benzene rings is 1. The first kappa shape index (κ1) is 11.5. The lowest BCUT2D eigenvalue weighted by molar-refractivity contribution is 0.0937. The fourth-order valence-corrected chi connectivity index (χ4v) is 2.74. The van der Waals surface area contributed by atoms with E-state index in [1.807, 2.05) is 12.1 Å². The van der Waals surface area contributed by atoms with E-state index < -0.39 is 0 Å². The van der Waals surface area contributed by atoms with E-state index in [9.17, 15) is 4.79 Å². The monoisotopic (exact) mass is 242 g/mol. The molecule has 0 saturated heterocycles. The highest BCUT2D eigenvalue weighted by Gasteiger charge is 2.19. The Bertz CT molecular complexity index is 485. The van der Waals surface area contributed by atoms with Gasteiger partial charge in [-0.05, 0) is 43.0 Å². The van der Waals surface area contributed by atoms with Gasteiger partial charge in [-0.2, -0.15) is 0 Å². The summed E-state index contributed by atoms with van der Waals surface area (Å²) in [6.07, 6.45) is 7.14. The molecule has 94 valence electrons. The zero-order chi connectivity index (χ0) is 12.4. The van der Waals surface area contributed by atoms with Crippen molar-refractivity contribution in [1.29, 1.82) is 0 Å². The highest BCUT2D eigenvalue weighted by molar-refractivity contribution is 5.96. The molecule has 3 nitrogen and oxygen atoms in total. The van der Waals surface area contributed by atoms with Crippen molar-refractivity contribution in [1.82, 2.24) is 10.6 Å². The molecule has 3 heteroatoms. The van der Waals surface area contributed by atoms with E-state index in [-0.39, 0.29) is 11.9 Å². The molecule has 0 radical (unpaired) electrons. The number of carbonyl (C=O) groups excluding carboxylic acids is 1. The Kier molecular flexibility index (Phi) is 3.15. The highest BCUT2D eigenvalue weighted by Crippen LogP contribution is 2.19. The molecule has 1 heterocycles. The van der Waals surface area contributed by atoms with E-state index >= 15 is 0 Å². The van der Waals surface area contributed by atoms with Crippen LogP contribution in [0, 0.1) is 0 Å². The average molecular weight is 242 g/mol. The molecule has 0 spiro atoms. The van der Waals surface area contributed by atoms with Gasteiger partial charge < -0.3 is 10.6 Å². The molecule has 1 aromatic carbocycles. The Labute approximate surface area is 107 Å². The third kappa shape index (κ3) is 2.18. The first-order chi connectivity index (χ1) is 8.84. The lowest BCUT2D eigenvalue weighted by Crippen LogP contribution is -2.34. The molecule has 0 fully saturated rings. The Morgan fingerprint density at radius 1 is 1.28 bits per heavy atom. The van der Waals surface area contributed by atoms with Crippen molar-refractivity contribution in [2.24, 2.45) is 0 Å². The maximum Gasteiger partial charge on any atom is 0.251 e. The Balaban J connectivity index is 1.80. The minimum Gasteiger partial charge on any atom is -0.349 e. The van der Waals surface area contributed by atoms with Crippen LogP contribution in [0.15, 0.2) is 30.4 Å². The van der Waals surface area contributed by atoms with E-state index in [2.05, 4.69) is 28.9 Å². The van der Waals surface area contributed by atoms with Crippen LogP contribution in [-0.2, 0) is 13.0 Å². The Morgan fingerprint density at radius 2 is 2.11 bits per heavy atom. The van der Waals surface area contributed by atoms with Crippen molar-refractivity contribution < 1.29 is 4.79 Å². The molecule has 2 aliphatic rings. The van der Waals surface area contributed by atoms with Crippen molar-refractivity contribution >= 4 is 5.91 Å². The second kappa shape index (κ2) is 4.94. The van der Waals surface area contributed by atoms with E-state index in [0.29, 0.717) is 0 Å². The normalized spacial score (nSPS) is 18.7. The molecular formula is C15H18N2O. The molecule has 1 aliphatic heterocycles. The third-order valence-corrected chi connectivity index (χ3v) is 3.73. The summed E-state index contributed by atoms with van der Waals surface area (Å²) < 4.78 is 0. The standard InChI is InChI=1S/C15H18N2O/c18-15(17-12-5-1-2-6-12)14-7-3-4-11-10-16-9-8-13(11)14/h1-4,7,12,16H,5-6,8-10H2,(H,17,18). The second-order valence-electron chi connectivity index (χ2n) is 4.98. The molecule has 0 bridgehead atoms. The molecule has 1 aliphatic carbocycles. The molecule has 0 saturated carbocycles. The van der Waals surface area contributed by atoms with Gasteiger partial charge in [0.15, 0.2) is 0 Å². The molecule has 0 atom stereocenters. The average Bonchev–Trinajstić information content (AvgIpc) is 2.91. The highest BCUT2D eigenvalue weighted by atomic mass is 16.1. The van der Waals surface area contributed by atoms with Crippen LogP contribution in [0.5, 0.6) is 0 Å². The quantitative estimate of drug-likeness (QED) is 0.776.